The predicted octanol–water partition coefficient (Wildman–Crippen LogP) is 1.17. The minimum atomic E-state index is -4.51. The Morgan fingerprint density at radius 1 is 1.36 bits per heavy atom. The second-order valence-electron chi connectivity index (χ2n) is 5.45. The normalized spacial score (nSPS) is 17.2. The maximum absolute atomic E-state index is 12.6. The van der Waals surface area contributed by atoms with Gasteiger partial charge in [-0.2, -0.15) is 13.2 Å². The van der Waals surface area contributed by atoms with E-state index < -0.39 is 36.1 Å². The summed E-state index contributed by atoms with van der Waals surface area (Å²) < 4.78 is 37.8. The Hall–Kier alpha value is -2.62. The van der Waals surface area contributed by atoms with Crippen LogP contribution in [0.15, 0.2) is 24.3 Å². The topological polar surface area (TPSA) is 87.7 Å². The number of hydrogen-bond donors (Lipinski definition) is 2. The third-order valence-electron chi connectivity index (χ3n) is 3.58. The first-order chi connectivity index (χ1) is 11.8. The molecule has 1 aromatic carbocycles. The van der Waals surface area contributed by atoms with Crippen molar-refractivity contribution in [3.63, 3.8) is 0 Å². The third kappa shape index (κ3) is 5.45. The molecule has 0 saturated carbocycles. The molecule has 0 aliphatic carbocycles. The average Bonchev–Trinajstić information content (AvgIpc) is 3.03. The van der Waals surface area contributed by atoms with Crippen molar-refractivity contribution in [1.82, 2.24) is 10.4 Å². The Kier molecular flexibility index (Phi) is 5.97. The molecule has 0 spiro atoms. The van der Waals surface area contributed by atoms with Crippen LogP contribution in [-0.4, -0.2) is 42.8 Å². The van der Waals surface area contributed by atoms with E-state index in [2.05, 4.69) is 10.8 Å². The molecule has 7 nitrogen and oxygen atoms in total. The van der Waals surface area contributed by atoms with Crippen LogP contribution < -0.4 is 10.8 Å². The molecule has 1 aliphatic heterocycles. The second kappa shape index (κ2) is 7.97. The van der Waals surface area contributed by atoms with Crippen molar-refractivity contribution in [3.8, 4) is 0 Å². The van der Waals surface area contributed by atoms with Gasteiger partial charge < -0.3 is 15.1 Å². The SMILES string of the molecule is O=CN1CC[C@@H](C(=O)ONCC(=O)Nc2cccc(C(F)(F)F)c2)C1. The van der Waals surface area contributed by atoms with Crippen molar-refractivity contribution in [3.05, 3.63) is 29.8 Å². The summed E-state index contributed by atoms with van der Waals surface area (Å²) in [6.07, 6.45) is -3.40. The lowest BCUT2D eigenvalue weighted by Crippen LogP contribution is -2.33. The van der Waals surface area contributed by atoms with Crippen LogP contribution in [0, 0.1) is 5.92 Å². The molecule has 1 saturated heterocycles. The maximum atomic E-state index is 12.6. The summed E-state index contributed by atoms with van der Waals surface area (Å²) in [7, 11) is 0. The number of hydroxylamine groups is 1. The molecule has 2 amide bonds. The van der Waals surface area contributed by atoms with Gasteiger partial charge in [-0.3, -0.25) is 9.59 Å². The lowest BCUT2D eigenvalue weighted by Gasteiger charge is -2.12. The number of hydrogen-bond acceptors (Lipinski definition) is 5. The molecule has 25 heavy (non-hydrogen) atoms. The number of anilines is 1. The number of likely N-dealkylation sites (tertiary alicyclic amines) is 1. The molecule has 1 heterocycles. The van der Waals surface area contributed by atoms with E-state index in [1.54, 1.807) is 0 Å². The molecule has 0 bridgehead atoms. The Labute approximate surface area is 141 Å². The summed E-state index contributed by atoms with van der Waals surface area (Å²) in [6, 6.07) is 4.17. The highest BCUT2D eigenvalue weighted by Crippen LogP contribution is 2.30. The van der Waals surface area contributed by atoms with E-state index in [9.17, 15) is 27.6 Å². The van der Waals surface area contributed by atoms with E-state index in [1.807, 2.05) is 0 Å². The van der Waals surface area contributed by atoms with Crippen LogP contribution in [0.5, 0.6) is 0 Å². The largest absolute Gasteiger partial charge is 0.416 e. The number of alkyl halides is 3. The van der Waals surface area contributed by atoms with Gasteiger partial charge in [-0.15, -0.1) is 5.48 Å². The zero-order chi connectivity index (χ0) is 18.4. The minimum absolute atomic E-state index is 0.0228. The molecular formula is C15H16F3N3O4. The average molecular weight is 359 g/mol. The van der Waals surface area contributed by atoms with Crippen molar-refractivity contribution in [2.75, 3.05) is 25.0 Å². The van der Waals surface area contributed by atoms with Crippen LogP contribution >= 0.6 is 0 Å². The van der Waals surface area contributed by atoms with Gasteiger partial charge in [0.15, 0.2) is 0 Å². The van der Waals surface area contributed by atoms with Gasteiger partial charge in [0.1, 0.15) is 6.54 Å². The maximum Gasteiger partial charge on any atom is 0.416 e. The highest BCUT2D eigenvalue weighted by molar-refractivity contribution is 5.92. The molecule has 1 fully saturated rings. The van der Waals surface area contributed by atoms with Crippen LogP contribution in [-0.2, 0) is 25.4 Å². The smallest absolute Gasteiger partial charge is 0.370 e. The number of nitrogens with zero attached hydrogens (tertiary/aromatic N) is 1. The minimum Gasteiger partial charge on any atom is -0.370 e. The molecule has 0 radical (unpaired) electrons. The molecule has 0 aromatic heterocycles. The van der Waals surface area contributed by atoms with E-state index in [-0.39, 0.29) is 12.2 Å². The number of benzene rings is 1. The third-order valence-corrected chi connectivity index (χ3v) is 3.58. The quantitative estimate of drug-likeness (QED) is 0.588. The molecule has 136 valence electrons. The zero-order valence-corrected chi connectivity index (χ0v) is 13.0. The van der Waals surface area contributed by atoms with Gasteiger partial charge in [0.2, 0.25) is 12.3 Å². The van der Waals surface area contributed by atoms with Crippen LogP contribution in [0.3, 0.4) is 0 Å². The number of rotatable bonds is 6. The van der Waals surface area contributed by atoms with Gasteiger partial charge in [-0.05, 0) is 24.6 Å². The summed E-state index contributed by atoms with van der Waals surface area (Å²) >= 11 is 0. The fourth-order valence-electron chi connectivity index (χ4n) is 2.31. The van der Waals surface area contributed by atoms with Crippen molar-refractivity contribution < 1.29 is 32.4 Å². The van der Waals surface area contributed by atoms with Gasteiger partial charge in [-0.1, -0.05) is 6.07 Å². The highest BCUT2D eigenvalue weighted by atomic mass is 19.4. The van der Waals surface area contributed by atoms with E-state index in [4.69, 9.17) is 4.84 Å². The Bertz CT molecular complexity index is 651. The fraction of sp³-hybridized carbons (Fsp3) is 0.400. The molecule has 1 aliphatic rings. The second-order valence-corrected chi connectivity index (χ2v) is 5.45. The Morgan fingerprint density at radius 2 is 2.12 bits per heavy atom. The van der Waals surface area contributed by atoms with Gasteiger partial charge in [0.05, 0.1) is 11.5 Å². The fourth-order valence-corrected chi connectivity index (χ4v) is 2.31. The number of amides is 2. The molecule has 10 heteroatoms. The summed E-state index contributed by atoms with van der Waals surface area (Å²) in [5, 5.41) is 2.27. The molecule has 1 aromatic rings. The number of halogens is 3. The summed E-state index contributed by atoms with van der Waals surface area (Å²) in [4.78, 5) is 40.1. The van der Waals surface area contributed by atoms with E-state index >= 15 is 0 Å². The van der Waals surface area contributed by atoms with Crippen LogP contribution in [0.2, 0.25) is 0 Å². The van der Waals surface area contributed by atoms with Crippen molar-refractivity contribution in [2.24, 2.45) is 5.92 Å². The first-order valence-electron chi connectivity index (χ1n) is 7.39. The van der Waals surface area contributed by atoms with E-state index in [0.29, 0.717) is 19.4 Å². The van der Waals surface area contributed by atoms with E-state index in [1.165, 1.54) is 17.0 Å². The Balaban J connectivity index is 1.76. The number of carbonyl (C=O) groups excluding carboxylic acids is 3. The molecule has 1 atom stereocenters. The van der Waals surface area contributed by atoms with Crippen molar-refractivity contribution in [2.45, 2.75) is 12.6 Å². The van der Waals surface area contributed by atoms with Crippen molar-refractivity contribution in [1.29, 1.82) is 0 Å². The highest BCUT2D eigenvalue weighted by Gasteiger charge is 2.31. The standard InChI is InChI=1S/C15H16F3N3O4/c16-15(17,18)11-2-1-3-12(6-11)20-13(23)7-19-25-14(24)10-4-5-21(8-10)9-22/h1-3,6,9-10,19H,4-5,7-8H2,(H,20,23)/t10-/m1/s1. The summed E-state index contributed by atoms with van der Waals surface area (Å²) in [6.45, 7) is 0.284. The van der Waals surface area contributed by atoms with Crippen LogP contribution in [0.1, 0.15) is 12.0 Å². The van der Waals surface area contributed by atoms with E-state index in [0.717, 1.165) is 12.1 Å². The van der Waals surface area contributed by atoms with Gasteiger partial charge >= 0.3 is 12.1 Å². The van der Waals surface area contributed by atoms with Gasteiger partial charge in [0, 0.05) is 18.8 Å². The molecule has 2 N–H and O–H groups in total. The number of carbonyl (C=O) groups is 3. The van der Waals surface area contributed by atoms with Crippen LogP contribution in [0.25, 0.3) is 0 Å². The first kappa shape index (κ1) is 18.7. The zero-order valence-electron chi connectivity index (χ0n) is 13.0. The lowest BCUT2D eigenvalue weighted by molar-refractivity contribution is -0.156. The lowest BCUT2D eigenvalue weighted by atomic mass is 10.1. The Morgan fingerprint density at radius 3 is 2.76 bits per heavy atom. The van der Waals surface area contributed by atoms with Crippen molar-refractivity contribution >= 4 is 24.0 Å². The summed E-state index contributed by atoms with van der Waals surface area (Å²) in [5.41, 5.74) is 1.26. The first-order valence-corrected chi connectivity index (χ1v) is 7.39. The monoisotopic (exact) mass is 359 g/mol. The molecule has 0 unspecified atom stereocenters. The predicted molar refractivity (Wildman–Crippen MR) is 79.9 cm³/mol. The van der Waals surface area contributed by atoms with Crippen LogP contribution in [0.4, 0.5) is 18.9 Å². The van der Waals surface area contributed by atoms with Gasteiger partial charge in [0.25, 0.3) is 0 Å². The summed E-state index contributed by atoms with van der Waals surface area (Å²) in [5.74, 6) is -1.74. The number of nitrogens with one attached hydrogen (secondary N) is 2. The van der Waals surface area contributed by atoms with Gasteiger partial charge in [-0.25, -0.2) is 4.79 Å². The molecule has 2 rings (SSSR count). The molecular weight excluding hydrogens is 343 g/mol.